The third-order valence-corrected chi connectivity index (χ3v) is 2.51. The summed E-state index contributed by atoms with van der Waals surface area (Å²) in [6, 6.07) is 0. The standard InChI is InChI=1S/C7H15OSi/c1-9(2)8-7-5-3-4-6-7/h7H,3-6H2,1-2H3. The lowest BCUT2D eigenvalue weighted by atomic mass is 10.3. The summed E-state index contributed by atoms with van der Waals surface area (Å²) >= 11 is 0. The van der Waals surface area contributed by atoms with E-state index in [0.717, 1.165) is 0 Å². The van der Waals surface area contributed by atoms with Gasteiger partial charge in [0.1, 0.15) is 0 Å². The van der Waals surface area contributed by atoms with Crippen molar-refractivity contribution in [1.82, 2.24) is 0 Å². The Balaban J connectivity index is 2.11. The van der Waals surface area contributed by atoms with Gasteiger partial charge in [-0.25, -0.2) is 0 Å². The molecule has 0 spiro atoms. The molecule has 1 rings (SSSR count). The molecule has 1 radical (unpaired) electrons. The zero-order valence-electron chi connectivity index (χ0n) is 6.31. The van der Waals surface area contributed by atoms with E-state index < -0.39 is 9.04 Å². The van der Waals surface area contributed by atoms with Gasteiger partial charge in [0.05, 0.1) is 0 Å². The summed E-state index contributed by atoms with van der Waals surface area (Å²) in [4.78, 5) is 0. The molecule has 0 unspecified atom stereocenters. The van der Waals surface area contributed by atoms with Crippen molar-refractivity contribution >= 4 is 9.04 Å². The third-order valence-electron chi connectivity index (χ3n) is 1.70. The molecular formula is C7H15OSi. The minimum absolute atomic E-state index is 0.418. The fraction of sp³-hybridized carbons (Fsp3) is 1.00. The average molecular weight is 143 g/mol. The second-order valence-corrected chi connectivity index (χ2v) is 4.98. The van der Waals surface area contributed by atoms with Gasteiger partial charge < -0.3 is 4.43 Å². The molecule has 0 aromatic carbocycles. The largest absolute Gasteiger partial charge is 0.414 e. The third kappa shape index (κ3) is 2.50. The lowest BCUT2D eigenvalue weighted by Crippen LogP contribution is -2.16. The molecule has 0 bridgehead atoms. The van der Waals surface area contributed by atoms with Crippen molar-refractivity contribution in [3.63, 3.8) is 0 Å². The van der Waals surface area contributed by atoms with Gasteiger partial charge in [-0.3, -0.25) is 0 Å². The molecule has 0 aliphatic heterocycles. The maximum absolute atomic E-state index is 5.71. The van der Waals surface area contributed by atoms with E-state index in [-0.39, 0.29) is 0 Å². The van der Waals surface area contributed by atoms with Crippen molar-refractivity contribution in [2.45, 2.75) is 44.9 Å². The van der Waals surface area contributed by atoms with Gasteiger partial charge in [-0.05, 0) is 25.9 Å². The molecule has 0 aromatic rings. The molecule has 2 heteroatoms. The fourth-order valence-electron chi connectivity index (χ4n) is 1.34. The lowest BCUT2D eigenvalue weighted by molar-refractivity contribution is 0.213. The highest BCUT2D eigenvalue weighted by Gasteiger charge is 2.16. The van der Waals surface area contributed by atoms with Crippen LogP contribution in [0.25, 0.3) is 0 Å². The highest BCUT2D eigenvalue weighted by Crippen LogP contribution is 2.21. The van der Waals surface area contributed by atoms with Crippen LogP contribution in [0, 0.1) is 0 Å². The molecule has 1 aliphatic carbocycles. The molecule has 0 N–H and O–H groups in total. The van der Waals surface area contributed by atoms with Crippen molar-refractivity contribution in [1.29, 1.82) is 0 Å². The number of hydrogen-bond acceptors (Lipinski definition) is 1. The summed E-state index contributed by atoms with van der Waals surface area (Å²) in [6.07, 6.45) is 6.04. The molecule has 0 aromatic heterocycles. The number of hydrogen-bond donors (Lipinski definition) is 0. The first-order chi connectivity index (χ1) is 4.29. The van der Waals surface area contributed by atoms with Crippen LogP contribution in [0.1, 0.15) is 25.7 Å². The van der Waals surface area contributed by atoms with Gasteiger partial charge in [0.15, 0.2) is 0 Å². The van der Waals surface area contributed by atoms with Crippen LogP contribution in [0.5, 0.6) is 0 Å². The van der Waals surface area contributed by atoms with Crippen LogP contribution in [-0.4, -0.2) is 15.1 Å². The summed E-state index contributed by atoms with van der Waals surface area (Å²) in [5.41, 5.74) is 0. The van der Waals surface area contributed by atoms with Crippen LogP contribution in [-0.2, 0) is 4.43 Å². The van der Waals surface area contributed by atoms with E-state index >= 15 is 0 Å². The smallest absolute Gasteiger partial charge is 0.205 e. The zero-order valence-corrected chi connectivity index (χ0v) is 7.31. The molecule has 1 saturated carbocycles. The van der Waals surface area contributed by atoms with Crippen LogP contribution in [0.4, 0.5) is 0 Å². The molecule has 1 aliphatic rings. The Morgan fingerprint density at radius 3 is 2.22 bits per heavy atom. The molecule has 0 heterocycles. The van der Waals surface area contributed by atoms with Gasteiger partial charge in [-0.15, -0.1) is 0 Å². The van der Waals surface area contributed by atoms with Crippen LogP contribution >= 0.6 is 0 Å². The SMILES string of the molecule is C[Si](C)OC1CCCC1. The van der Waals surface area contributed by atoms with Crippen molar-refractivity contribution in [3.05, 3.63) is 0 Å². The lowest BCUT2D eigenvalue weighted by Gasteiger charge is -2.12. The van der Waals surface area contributed by atoms with Crippen LogP contribution in [0.2, 0.25) is 13.1 Å². The second-order valence-electron chi connectivity index (χ2n) is 2.93. The van der Waals surface area contributed by atoms with E-state index in [1.807, 2.05) is 0 Å². The quantitative estimate of drug-likeness (QED) is 0.538. The normalized spacial score (nSPS) is 21.7. The first kappa shape index (κ1) is 7.29. The summed E-state index contributed by atoms with van der Waals surface area (Å²) < 4.78 is 5.71. The molecule has 53 valence electrons. The molecule has 0 amide bonds. The Hall–Kier alpha value is 0.177. The molecule has 0 atom stereocenters. The molecule has 1 nitrogen and oxygen atoms in total. The summed E-state index contributed by atoms with van der Waals surface area (Å²) in [6.45, 7) is 4.42. The first-order valence-corrected chi connectivity index (χ1v) is 6.16. The zero-order chi connectivity index (χ0) is 6.69. The van der Waals surface area contributed by atoms with Gasteiger partial charge in [-0.2, -0.15) is 0 Å². The van der Waals surface area contributed by atoms with Gasteiger partial charge in [0, 0.05) is 6.10 Å². The highest BCUT2D eigenvalue weighted by molar-refractivity contribution is 6.48. The van der Waals surface area contributed by atoms with E-state index in [1.54, 1.807) is 0 Å². The minimum atomic E-state index is -0.418. The van der Waals surface area contributed by atoms with Crippen LogP contribution in [0.3, 0.4) is 0 Å². The monoisotopic (exact) mass is 143 g/mol. The summed E-state index contributed by atoms with van der Waals surface area (Å²) in [5.74, 6) is 0. The van der Waals surface area contributed by atoms with Crippen LogP contribution < -0.4 is 0 Å². The Bertz CT molecular complexity index is 77.0. The van der Waals surface area contributed by atoms with Crippen molar-refractivity contribution in [3.8, 4) is 0 Å². The Labute approximate surface area is 59.1 Å². The maximum Gasteiger partial charge on any atom is 0.205 e. The Morgan fingerprint density at radius 1 is 1.22 bits per heavy atom. The topological polar surface area (TPSA) is 9.23 Å². The van der Waals surface area contributed by atoms with E-state index in [9.17, 15) is 0 Å². The van der Waals surface area contributed by atoms with Crippen molar-refractivity contribution in [2.75, 3.05) is 0 Å². The fourth-order valence-corrected chi connectivity index (χ4v) is 2.24. The molecule has 0 saturated heterocycles. The first-order valence-electron chi connectivity index (χ1n) is 3.76. The predicted octanol–water partition coefficient (Wildman–Crippen LogP) is 2.20. The summed E-state index contributed by atoms with van der Waals surface area (Å²) in [5, 5.41) is 0. The summed E-state index contributed by atoms with van der Waals surface area (Å²) in [7, 11) is -0.418. The maximum atomic E-state index is 5.71. The van der Waals surface area contributed by atoms with Crippen molar-refractivity contribution < 1.29 is 4.43 Å². The minimum Gasteiger partial charge on any atom is -0.414 e. The van der Waals surface area contributed by atoms with E-state index in [4.69, 9.17) is 4.43 Å². The van der Waals surface area contributed by atoms with Crippen molar-refractivity contribution in [2.24, 2.45) is 0 Å². The van der Waals surface area contributed by atoms with Gasteiger partial charge in [0.2, 0.25) is 9.04 Å². The van der Waals surface area contributed by atoms with E-state index in [0.29, 0.717) is 6.10 Å². The van der Waals surface area contributed by atoms with E-state index in [1.165, 1.54) is 25.7 Å². The number of rotatable bonds is 2. The van der Waals surface area contributed by atoms with Gasteiger partial charge in [0.25, 0.3) is 0 Å². The van der Waals surface area contributed by atoms with Gasteiger partial charge >= 0.3 is 0 Å². The second kappa shape index (κ2) is 3.37. The van der Waals surface area contributed by atoms with Crippen LogP contribution in [0.15, 0.2) is 0 Å². The Morgan fingerprint density at radius 2 is 1.78 bits per heavy atom. The predicted molar refractivity (Wildman–Crippen MR) is 40.8 cm³/mol. The molecule has 1 fully saturated rings. The van der Waals surface area contributed by atoms with Gasteiger partial charge in [-0.1, -0.05) is 12.8 Å². The molecule has 9 heavy (non-hydrogen) atoms. The average Bonchev–Trinajstić information content (AvgIpc) is 2.15. The van der Waals surface area contributed by atoms with E-state index in [2.05, 4.69) is 13.1 Å². The Kier molecular flexibility index (Phi) is 2.73. The molecular weight excluding hydrogens is 128 g/mol. The highest BCUT2D eigenvalue weighted by atomic mass is 28.3.